The smallest absolute Gasteiger partial charge is 0.145 e. The molecule has 374 valence electrons. The van der Waals surface area contributed by atoms with Gasteiger partial charge >= 0.3 is 0 Å². The number of nitrogens with zero attached hydrogens (tertiary/aromatic N) is 6. The Hall–Kier alpha value is -10.8. The van der Waals surface area contributed by atoms with Gasteiger partial charge in [0.25, 0.3) is 0 Å². The average molecular weight is 1030 g/mol. The largest absolute Gasteiger partial charge is 0.455 e. The van der Waals surface area contributed by atoms with E-state index in [2.05, 4.69) is 228 Å². The fourth-order valence-corrected chi connectivity index (χ4v) is 13.7. The molecule has 6 aromatic heterocycles. The Morgan fingerprint density at radius 3 is 0.988 bits per heavy atom. The van der Waals surface area contributed by atoms with Crippen LogP contribution in [0, 0.1) is 50.4 Å². The zero-order valence-corrected chi connectivity index (χ0v) is 44.0. The lowest BCUT2D eigenvalue weighted by Crippen LogP contribution is -2.17. The summed E-state index contributed by atoms with van der Waals surface area (Å²) in [7, 11) is 0. The zero-order valence-electron chi connectivity index (χ0n) is 44.0. The van der Waals surface area contributed by atoms with E-state index in [0.29, 0.717) is 33.9 Å². The lowest BCUT2D eigenvalue weighted by molar-refractivity contribution is 0.672. The van der Waals surface area contributed by atoms with E-state index >= 15 is 0 Å². The summed E-state index contributed by atoms with van der Waals surface area (Å²) in [6.07, 6.45) is 0. The first-order valence-corrected chi connectivity index (χ1v) is 27.0. The average Bonchev–Trinajstić information content (AvgIpc) is 4.50. The van der Waals surface area contributed by atoms with E-state index in [1.165, 1.54) is 0 Å². The maximum absolute atomic E-state index is 12.7. The summed E-state index contributed by atoms with van der Waals surface area (Å²) in [5.41, 5.74) is 17.7. The molecule has 0 unspecified atom stereocenters. The van der Waals surface area contributed by atoms with E-state index in [9.17, 15) is 10.5 Å². The van der Waals surface area contributed by atoms with E-state index in [0.717, 1.165) is 153 Å². The van der Waals surface area contributed by atoms with Gasteiger partial charge in [0.05, 0.1) is 77.7 Å². The van der Waals surface area contributed by atoms with E-state index in [1.54, 1.807) is 0 Å². The lowest BCUT2D eigenvalue weighted by atomic mass is 9.98. The van der Waals surface area contributed by atoms with Crippen molar-refractivity contribution < 1.29 is 8.83 Å². The second-order valence-corrected chi connectivity index (χ2v) is 21.7. The second kappa shape index (κ2) is 15.9. The zero-order chi connectivity index (χ0) is 53.4. The van der Waals surface area contributed by atoms with Crippen LogP contribution in [0.3, 0.4) is 0 Å². The summed E-state index contributed by atoms with van der Waals surface area (Å²) in [6.45, 7) is 8.49. The van der Waals surface area contributed by atoms with E-state index < -0.39 is 0 Å². The third kappa shape index (κ3) is 5.71. The van der Waals surface area contributed by atoms with Gasteiger partial charge in [-0.2, -0.15) is 10.5 Å². The van der Waals surface area contributed by atoms with Crippen LogP contribution < -0.4 is 0 Å². The number of hydrogen-bond donors (Lipinski definition) is 0. The van der Waals surface area contributed by atoms with Crippen LogP contribution >= 0.6 is 0 Å². The summed E-state index contributed by atoms with van der Waals surface area (Å²) < 4.78 is 23.0. The molecule has 0 saturated heterocycles. The highest BCUT2D eigenvalue weighted by atomic mass is 16.3. The molecule has 17 aromatic rings. The Morgan fingerprint density at radius 1 is 0.287 bits per heavy atom. The third-order valence-electron chi connectivity index (χ3n) is 17.0. The maximum Gasteiger partial charge on any atom is 0.145 e. The first kappa shape index (κ1) is 44.3. The lowest BCUT2D eigenvalue weighted by Gasteiger charge is -2.27. The minimum Gasteiger partial charge on any atom is -0.455 e. The molecule has 0 spiro atoms. The summed E-state index contributed by atoms with van der Waals surface area (Å²) in [6, 6.07) is 74.0. The standard InChI is InChI=1S/C72H44N6O2/c1-39-21-27-57-49(33-39)50-34-40(2)22-28-58(50)75(57)67-53(37-73)68(77-55-17-9-5-15-47(55)65-61(77)31-25-45-43-13-7-11-19-63(43)79-71(45)65)70(76-59-29-23-41(3)35-51(59)52-36-42(4)24-30-60(52)76)69(54(67)38-74)78-56-18-10-6-16-48(56)66-62(78)32-26-46-44-14-8-12-20-64(44)80-72(46)66/h5-36H,1-4H3. The second-order valence-electron chi connectivity index (χ2n) is 21.7. The molecule has 6 heterocycles. The van der Waals surface area contributed by atoms with Crippen molar-refractivity contribution in [2.45, 2.75) is 27.7 Å². The van der Waals surface area contributed by atoms with Gasteiger partial charge in [-0.3, -0.25) is 0 Å². The molecule has 0 aliphatic carbocycles. The molecule has 17 rings (SSSR count). The van der Waals surface area contributed by atoms with Gasteiger partial charge in [-0.25, -0.2) is 0 Å². The summed E-state index contributed by atoms with van der Waals surface area (Å²) >= 11 is 0. The van der Waals surface area contributed by atoms with Crippen molar-refractivity contribution in [3.63, 3.8) is 0 Å². The van der Waals surface area contributed by atoms with Crippen molar-refractivity contribution >= 4 is 131 Å². The number of aromatic nitrogens is 4. The Bertz CT molecular complexity index is 5410. The minimum absolute atomic E-state index is 0.335. The molecule has 0 fully saturated rings. The number of hydrogen-bond acceptors (Lipinski definition) is 4. The van der Waals surface area contributed by atoms with Gasteiger partial charge in [-0.1, -0.05) is 119 Å². The van der Waals surface area contributed by atoms with Crippen LogP contribution in [0.4, 0.5) is 0 Å². The first-order chi connectivity index (χ1) is 39.3. The highest BCUT2D eigenvalue weighted by Gasteiger charge is 2.35. The van der Waals surface area contributed by atoms with Gasteiger partial charge in [0.1, 0.15) is 45.6 Å². The monoisotopic (exact) mass is 1020 g/mol. The quantitative estimate of drug-likeness (QED) is 0.175. The topological polar surface area (TPSA) is 93.6 Å². The van der Waals surface area contributed by atoms with Crippen molar-refractivity contribution in [1.82, 2.24) is 18.3 Å². The number of para-hydroxylation sites is 4. The normalized spacial score (nSPS) is 12.2. The molecular formula is C72H44N6O2. The van der Waals surface area contributed by atoms with Gasteiger partial charge in [0.2, 0.25) is 0 Å². The van der Waals surface area contributed by atoms with Crippen LogP contribution in [-0.4, -0.2) is 18.3 Å². The van der Waals surface area contributed by atoms with Crippen LogP contribution in [-0.2, 0) is 0 Å². The number of rotatable bonds is 4. The van der Waals surface area contributed by atoms with Crippen molar-refractivity contribution in [2.24, 2.45) is 0 Å². The predicted molar refractivity (Wildman–Crippen MR) is 327 cm³/mol. The first-order valence-electron chi connectivity index (χ1n) is 27.0. The fourth-order valence-electron chi connectivity index (χ4n) is 13.7. The number of nitriles is 2. The Kier molecular flexibility index (Phi) is 8.81. The fraction of sp³-hybridized carbons (Fsp3) is 0.0556. The summed E-state index contributed by atoms with van der Waals surface area (Å²) in [4.78, 5) is 0. The van der Waals surface area contributed by atoms with Crippen LogP contribution in [0.2, 0.25) is 0 Å². The molecule has 0 aliphatic rings. The van der Waals surface area contributed by atoms with E-state index in [4.69, 9.17) is 8.83 Å². The maximum atomic E-state index is 12.7. The van der Waals surface area contributed by atoms with Crippen LogP contribution in [0.15, 0.2) is 203 Å². The van der Waals surface area contributed by atoms with Gasteiger partial charge in [-0.05, 0) is 125 Å². The molecule has 0 radical (unpaired) electrons. The highest BCUT2D eigenvalue weighted by Crippen LogP contribution is 2.51. The van der Waals surface area contributed by atoms with Crippen LogP contribution in [0.1, 0.15) is 33.4 Å². The number of benzene rings is 11. The molecule has 0 aliphatic heterocycles. The molecule has 0 N–H and O–H groups in total. The van der Waals surface area contributed by atoms with Crippen molar-refractivity contribution in [3.8, 4) is 34.9 Å². The third-order valence-corrected chi connectivity index (χ3v) is 17.0. The molecule has 0 bridgehead atoms. The highest BCUT2D eigenvalue weighted by molar-refractivity contribution is 6.26. The van der Waals surface area contributed by atoms with Crippen molar-refractivity contribution in [1.29, 1.82) is 10.5 Å². The Balaban J connectivity index is 1.19. The van der Waals surface area contributed by atoms with Gasteiger partial charge in [0.15, 0.2) is 0 Å². The summed E-state index contributed by atoms with van der Waals surface area (Å²) in [5.74, 6) is 0. The molecule has 8 heteroatoms. The molecular weight excluding hydrogens is 981 g/mol. The van der Waals surface area contributed by atoms with Crippen LogP contribution in [0.25, 0.3) is 154 Å². The Morgan fingerprint density at radius 2 is 0.600 bits per heavy atom. The Labute approximate surface area is 456 Å². The predicted octanol–water partition coefficient (Wildman–Crippen LogP) is 18.9. The van der Waals surface area contributed by atoms with Crippen LogP contribution in [0.5, 0.6) is 0 Å². The summed E-state index contributed by atoms with van der Waals surface area (Å²) in [5, 5.41) is 37.4. The number of fused-ring (bicyclic) bond motifs is 20. The van der Waals surface area contributed by atoms with Gasteiger partial charge < -0.3 is 27.1 Å². The minimum atomic E-state index is 0.335. The SMILES string of the molecule is Cc1ccc2c(c1)c1cc(C)ccc1n2-c1c(C#N)c(-n2c3ccccc3c3c4oc5ccccc5c4ccc32)c(-n2c3ccc(C)cc3c3cc(C)ccc32)c(-n2c3ccccc3c3c4oc5ccccc5c4ccc32)c1C#N. The van der Waals surface area contributed by atoms with Gasteiger partial charge in [0, 0.05) is 53.9 Å². The molecule has 11 aromatic carbocycles. The molecule has 8 nitrogen and oxygen atoms in total. The number of aryl methyl sites for hydroxylation is 4. The molecule has 80 heavy (non-hydrogen) atoms. The molecule has 0 saturated carbocycles. The molecule has 0 amide bonds. The van der Waals surface area contributed by atoms with E-state index in [-0.39, 0.29) is 0 Å². The van der Waals surface area contributed by atoms with Gasteiger partial charge in [-0.15, -0.1) is 0 Å². The van der Waals surface area contributed by atoms with Crippen molar-refractivity contribution in [2.75, 3.05) is 0 Å². The molecule has 0 atom stereocenters. The van der Waals surface area contributed by atoms with E-state index in [1.807, 2.05) is 24.3 Å². The van der Waals surface area contributed by atoms with Crippen molar-refractivity contribution in [3.05, 3.63) is 228 Å². The number of furan rings is 2.